The Balaban J connectivity index is 1.43. The quantitative estimate of drug-likeness (QED) is 0.576. The number of benzene rings is 2. The topological polar surface area (TPSA) is 32.8 Å². The molecule has 0 radical (unpaired) electrons. The summed E-state index contributed by atoms with van der Waals surface area (Å²) in [5.41, 5.74) is 2.06. The number of piperidine rings is 1. The molecule has 2 aromatic carbocycles. The van der Waals surface area contributed by atoms with E-state index in [-0.39, 0.29) is 11.9 Å². The van der Waals surface area contributed by atoms with Crippen molar-refractivity contribution in [1.29, 1.82) is 0 Å². The van der Waals surface area contributed by atoms with Crippen molar-refractivity contribution in [1.82, 2.24) is 9.80 Å². The zero-order chi connectivity index (χ0) is 21.2. The van der Waals surface area contributed by atoms with Crippen LogP contribution in [0.3, 0.4) is 0 Å². The van der Waals surface area contributed by atoms with Gasteiger partial charge >= 0.3 is 0 Å². The second-order valence-electron chi connectivity index (χ2n) is 8.54. The van der Waals surface area contributed by atoms with E-state index in [4.69, 9.17) is 4.74 Å². The van der Waals surface area contributed by atoms with Crippen molar-refractivity contribution in [3.63, 3.8) is 0 Å². The standard InChI is InChI=1S/C26H28N2O2S/c1-30-21-10-5-9-20(15-21)23-18-28(26(29)19-7-3-2-4-8-19)25-12-13-27(17-24(23)25)16-22-11-6-14-31-22/h2-11,14-15,23-25H,12-13,16-18H2,1H3/t23-,24-,25-/m1/s1. The zero-order valence-corrected chi connectivity index (χ0v) is 18.6. The van der Waals surface area contributed by atoms with Crippen LogP contribution in [0.15, 0.2) is 72.1 Å². The summed E-state index contributed by atoms with van der Waals surface area (Å²) in [4.78, 5) is 19.5. The number of methoxy groups -OCH3 is 1. The number of carbonyl (C=O) groups is 1. The molecule has 3 atom stereocenters. The summed E-state index contributed by atoms with van der Waals surface area (Å²) in [7, 11) is 1.71. The Morgan fingerprint density at radius 3 is 2.71 bits per heavy atom. The number of amides is 1. The molecule has 31 heavy (non-hydrogen) atoms. The first-order chi connectivity index (χ1) is 15.2. The minimum absolute atomic E-state index is 0.160. The highest BCUT2D eigenvalue weighted by Gasteiger charge is 2.47. The van der Waals surface area contributed by atoms with Crippen molar-refractivity contribution in [2.75, 3.05) is 26.7 Å². The Hall–Kier alpha value is -2.63. The third-order valence-electron chi connectivity index (χ3n) is 6.78. The SMILES string of the molecule is COc1cccc([C@H]2CN(C(=O)c3ccccc3)[C@@H]3CCN(Cc4cccs4)C[C@H]23)c1. The predicted molar refractivity (Wildman–Crippen MR) is 125 cm³/mol. The Kier molecular flexibility index (Phi) is 5.79. The lowest BCUT2D eigenvalue weighted by atomic mass is 9.81. The van der Waals surface area contributed by atoms with Crippen molar-refractivity contribution in [2.45, 2.75) is 24.9 Å². The second kappa shape index (κ2) is 8.85. The number of rotatable bonds is 5. The number of hydrogen-bond acceptors (Lipinski definition) is 4. The van der Waals surface area contributed by atoms with Crippen molar-refractivity contribution < 1.29 is 9.53 Å². The molecular weight excluding hydrogens is 404 g/mol. The van der Waals surface area contributed by atoms with Crippen LogP contribution in [0.2, 0.25) is 0 Å². The lowest BCUT2D eigenvalue weighted by Crippen LogP contribution is -2.47. The molecule has 2 saturated heterocycles. The van der Waals surface area contributed by atoms with Gasteiger partial charge in [0.1, 0.15) is 5.75 Å². The summed E-state index contributed by atoms with van der Waals surface area (Å²) < 4.78 is 5.50. The molecule has 160 valence electrons. The highest BCUT2D eigenvalue weighted by Crippen LogP contribution is 2.43. The van der Waals surface area contributed by atoms with Crippen LogP contribution in [0, 0.1) is 5.92 Å². The Morgan fingerprint density at radius 2 is 1.94 bits per heavy atom. The van der Waals surface area contributed by atoms with E-state index in [9.17, 15) is 4.79 Å². The number of ether oxygens (including phenoxy) is 1. The lowest BCUT2D eigenvalue weighted by molar-refractivity contribution is 0.0615. The maximum absolute atomic E-state index is 13.4. The van der Waals surface area contributed by atoms with Gasteiger partial charge in [-0.15, -0.1) is 11.3 Å². The van der Waals surface area contributed by atoms with Gasteiger partial charge in [-0.05, 0) is 47.7 Å². The fourth-order valence-electron chi connectivity index (χ4n) is 5.28. The molecule has 3 heterocycles. The summed E-state index contributed by atoms with van der Waals surface area (Å²) in [6.07, 6.45) is 1.02. The number of hydrogen-bond donors (Lipinski definition) is 0. The van der Waals surface area contributed by atoms with Crippen molar-refractivity contribution in [2.24, 2.45) is 5.92 Å². The molecule has 4 nitrogen and oxygen atoms in total. The van der Waals surface area contributed by atoms with Gasteiger partial charge in [0, 0.05) is 54.5 Å². The molecule has 2 aliphatic rings. The molecule has 5 rings (SSSR count). The van der Waals surface area contributed by atoms with E-state index >= 15 is 0 Å². The fraction of sp³-hybridized carbons (Fsp3) is 0.346. The van der Waals surface area contributed by atoms with Crippen molar-refractivity contribution in [3.8, 4) is 5.75 Å². The molecule has 0 N–H and O–H groups in total. The van der Waals surface area contributed by atoms with Gasteiger partial charge in [0.15, 0.2) is 0 Å². The first-order valence-corrected chi connectivity index (χ1v) is 11.9. The lowest BCUT2D eigenvalue weighted by Gasteiger charge is -2.39. The van der Waals surface area contributed by atoms with E-state index in [2.05, 4.69) is 45.5 Å². The molecule has 1 aromatic heterocycles. The molecule has 2 fully saturated rings. The molecule has 5 heteroatoms. The summed E-state index contributed by atoms with van der Waals surface area (Å²) in [6.45, 7) is 3.81. The Labute approximate surface area is 188 Å². The van der Waals surface area contributed by atoms with Crippen LogP contribution in [0.25, 0.3) is 0 Å². The minimum atomic E-state index is 0.160. The molecular formula is C26H28N2O2S. The van der Waals surface area contributed by atoms with E-state index in [1.54, 1.807) is 7.11 Å². The fourth-order valence-corrected chi connectivity index (χ4v) is 6.02. The van der Waals surface area contributed by atoms with E-state index in [0.29, 0.717) is 11.8 Å². The number of likely N-dealkylation sites (tertiary alicyclic amines) is 2. The zero-order valence-electron chi connectivity index (χ0n) is 17.8. The van der Waals surface area contributed by atoms with Crippen molar-refractivity contribution in [3.05, 3.63) is 88.1 Å². The third kappa shape index (κ3) is 4.12. The highest BCUT2D eigenvalue weighted by molar-refractivity contribution is 7.09. The smallest absolute Gasteiger partial charge is 0.254 e. The van der Waals surface area contributed by atoms with Gasteiger partial charge in [0.2, 0.25) is 0 Å². The monoisotopic (exact) mass is 432 g/mol. The molecule has 2 aliphatic heterocycles. The first kappa shape index (κ1) is 20.3. The number of fused-ring (bicyclic) bond motifs is 1. The van der Waals surface area contributed by atoms with Gasteiger partial charge in [-0.3, -0.25) is 9.69 Å². The van der Waals surface area contributed by atoms with E-state index in [1.807, 2.05) is 47.7 Å². The Bertz CT molecular complexity index is 1020. The summed E-state index contributed by atoms with van der Waals surface area (Å²) in [5.74, 6) is 1.79. The van der Waals surface area contributed by atoms with Crippen LogP contribution < -0.4 is 4.74 Å². The highest BCUT2D eigenvalue weighted by atomic mass is 32.1. The maximum Gasteiger partial charge on any atom is 0.254 e. The van der Waals surface area contributed by atoms with Crippen molar-refractivity contribution >= 4 is 17.2 Å². The second-order valence-corrected chi connectivity index (χ2v) is 9.57. The van der Waals surface area contributed by atoms with Gasteiger partial charge in [0.25, 0.3) is 5.91 Å². The number of nitrogens with zero attached hydrogens (tertiary/aromatic N) is 2. The van der Waals surface area contributed by atoms with E-state index in [0.717, 1.165) is 43.9 Å². The maximum atomic E-state index is 13.4. The van der Waals surface area contributed by atoms with Crippen LogP contribution in [0.4, 0.5) is 0 Å². The van der Waals surface area contributed by atoms with Crippen LogP contribution in [-0.2, 0) is 6.54 Å². The van der Waals surface area contributed by atoms with Gasteiger partial charge in [-0.25, -0.2) is 0 Å². The van der Waals surface area contributed by atoms with Crippen LogP contribution in [-0.4, -0.2) is 48.5 Å². The summed E-state index contributed by atoms with van der Waals surface area (Å²) in [5, 5.41) is 2.15. The van der Waals surface area contributed by atoms with Crippen LogP contribution >= 0.6 is 11.3 Å². The summed E-state index contributed by atoms with van der Waals surface area (Å²) in [6, 6.07) is 22.8. The van der Waals surface area contributed by atoms with Crippen LogP contribution in [0.5, 0.6) is 5.75 Å². The largest absolute Gasteiger partial charge is 0.497 e. The normalized spacial score (nSPS) is 23.5. The van der Waals surface area contributed by atoms with E-state index in [1.165, 1.54) is 10.4 Å². The molecule has 0 spiro atoms. The number of carbonyl (C=O) groups excluding carboxylic acids is 1. The molecule has 3 aromatic rings. The van der Waals surface area contributed by atoms with E-state index < -0.39 is 0 Å². The molecule has 1 amide bonds. The average Bonchev–Trinajstić information content (AvgIpc) is 3.47. The molecule has 0 unspecified atom stereocenters. The molecule has 0 aliphatic carbocycles. The van der Waals surface area contributed by atoms with Gasteiger partial charge in [0.05, 0.1) is 7.11 Å². The summed E-state index contributed by atoms with van der Waals surface area (Å²) >= 11 is 1.82. The average molecular weight is 433 g/mol. The molecule has 0 saturated carbocycles. The Morgan fingerprint density at radius 1 is 1.06 bits per heavy atom. The minimum Gasteiger partial charge on any atom is -0.497 e. The molecule has 0 bridgehead atoms. The van der Waals surface area contributed by atoms with Crippen LogP contribution in [0.1, 0.15) is 33.1 Å². The first-order valence-electron chi connectivity index (χ1n) is 11.0. The number of thiophene rings is 1. The van der Waals surface area contributed by atoms with Gasteiger partial charge < -0.3 is 9.64 Å². The van der Waals surface area contributed by atoms with Gasteiger partial charge in [-0.1, -0.05) is 36.4 Å². The van der Waals surface area contributed by atoms with Gasteiger partial charge in [-0.2, -0.15) is 0 Å². The third-order valence-corrected chi connectivity index (χ3v) is 7.64. The predicted octanol–water partition coefficient (Wildman–Crippen LogP) is 4.89.